The molecule has 0 aromatic heterocycles. The van der Waals surface area contributed by atoms with Gasteiger partial charge in [-0.3, -0.25) is 19.7 Å². The van der Waals surface area contributed by atoms with E-state index in [1.54, 1.807) is 19.1 Å². The molecule has 1 unspecified atom stereocenters. The van der Waals surface area contributed by atoms with Crippen LogP contribution in [0, 0.1) is 16.0 Å². The zero-order valence-electron chi connectivity index (χ0n) is 13.6. The molecule has 1 N–H and O–H groups in total. The number of aliphatic imine (C=N–C) groups is 1. The number of nitro groups is 1. The maximum atomic E-state index is 12.2. The highest BCUT2D eigenvalue weighted by Gasteiger charge is 2.27. The van der Waals surface area contributed by atoms with Crippen molar-refractivity contribution in [2.45, 2.75) is 13.8 Å². The molecule has 2 amide bonds. The minimum atomic E-state index is -0.530. The van der Waals surface area contributed by atoms with Crippen molar-refractivity contribution in [3.8, 4) is 0 Å². The number of hydrogen-bond acceptors (Lipinski definition) is 4. The van der Waals surface area contributed by atoms with E-state index in [1.807, 2.05) is 13.0 Å². The first-order valence-corrected chi connectivity index (χ1v) is 7.63. The van der Waals surface area contributed by atoms with Gasteiger partial charge in [0.15, 0.2) is 0 Å². The van der Waals surface area contributed by atoms with E-state index in [2.05, 4.69) is 10.3 Å². The number of rotatable bonds is 2. The monoisotopic (exact) mass is 337 g/mol. The topological polar surface area (TPSA) is 102 Å². The number of benzene rings is 1. The fourth-order valence-corrected chi connectivity index (χ4v) is 2.70. The first kappa shape index (κ1) is 16.5. The third-order valence-electron chi connectivity index (χ3n) is 4.31. The van der Waals surface area contributed by atoms with Crippen LogP contribution < -0.4 is 5.32 Å². The van der Waals surface area contributed by atoms with Crippen LogP contribution in [-0.2, 0) is 4.79 Å². The van der Waals surface area contributed by atoms with Crippen molar-refractivity contribution in [2.24, 2.45) is 10.9 Å². The summed E-state index contributed by atoms with van der Waals surface area (Å²) in [5, 5.41) is 13.5. The summed E-state index contributed by atoms with van der Waals surface area (Å²) in [6, 6.07) is 5.26. The van der Waals surface area contributed by atoms with Gasteiger partial charge in [-0.25, -0.2) is 4.99 Å². The van der Waals surface area contributed by atoms with Gasteiger partial charge >= 0.3 is 0 Å². The van der Waals surface area contributed by atoms with Gasteiger partial charge < -0.3 is 5.32 Å². The zero-order chi connectivity index (χ0) is 18.1. The average molecular weight is 337 g/mol. The number of fused-ring (bicyclic) bond motifs is 1. The molecule has 7 heteroatoms. The van der Waals surface area contributed by atoms with Crippen molar-refractivity contribution < 1.29 is 14.5 Å². The Bertz CT molecular complexity index is 905. The van der Waals surface area contributed by atoms with Gasteiger partial charge in [-0.2, -0.15) is 0 Å². The molecule has 3 rings (SSSR count). The predicted molar refractivity (Wildman–Crippen MR) is 92.1 cm³/mol. The number of nitrogens with one attached hydrogen (secondary N) is 1. The van der Waals surface area contributed by atoms with Crippen LogP contribution in [0.1, 0.15) is 24.2 Å². The van der Waals surface area contributed by atoms with Crippen LogP contribution in [0.5, 0.6) is 0 Å². The van der Waals surface area contributed by atoms with E-state index >= 15 is 0 Å². The van der Waals surface area contributed by atoms with Gasteiger partial charge in [0.25, 0.3) is 17.5 Å². The minimum absolute atomic E-state index is 0.0221. The molecular weight excluding hydrogens is 322 g/mol. The summed E-state index contributed by atoms with van der Waals surface area (Å²) in [4.78, 5) is 38.3. The lowest BCUT2D eigenvalue weighted by atomic mass is 9.85. The standard InChI is InChI=1S/C18H15N3O4/c1-10-11(2)17(22)20-16-9-13(5-8-15(10)16)19-18(23)12-3-6-14(7-4-12)21(24)25/h3-9,15H,1-2H3,(H,20,22). The molecule has 0 fully saturated rings. The third kappa shape index (κ3) is 3.16. The van der Waals surface area contributed by atoms with E-state index in [1.165, 1.54) is 24.3 Å². The molecule has 1 aliphatic heterocycles. The second-order valence-corrected chi connectivity index (χ2v) is 5.84. The Balaban J connectivity index is 1.85. The molecule has 0 saturated carbocycles. The second-order valence-electron chi connectivity index (χ2n) is 5.84. The quantitative estimate of drug-likeness (QED) is 0.662. The van der Waals surface area contributed by atoms with Crippen molar-refractivity contribution in [1.82, 2.24) is 5.32 Å². The third-order valence-corrected chi connectivity index (χ3v) is 4.31. The number of amides is 2. The largest absolute Gasteiger partial charge is 0.325 e. The lowest BCUT2D eigenvalue weighted by Crippen LogP contribution is -2.35. The van der Waals surface area contributed by atoms with Gasteiger partial charge in [0, 0.05) is 34.9 Å². The molecule has 7 nitrogen and oxygen atoms in total. The molecule has 126 valence electrons. The molecule has 0 saturated heterocycles. The summed E-state index contributed by atoms with van der Waals surface area (Å²) in [7, 11) is 0. The summed E-state index contributed by atoms with van der Waals surface area (Å²) in [5.41, 5.74) is 2.93. The Morgan fingerprint density at radius 1 is 1.24 bits per heavy atom. The summed E-state index contributed by atoms with van der Waals surface area (Å²) in [6.45, 7) is 3.68. The molecular formula is C18H15N3O4. The summed E-state index contributed by atoms with van der Waals surface area (Å²) < 4.78 is 0. The smallest absolute Gasteiger partial charge is 0.277 e. The number of hydrogen-bond donors (Lipinski definition) is 1. The average Bonchev–Trinajstić information content (AvgIpc) is 2.59. The van der Waals surface area contributed by atoms with Crippen molar-refractivity contribution in [1.29, 1.82) is 0 Å². The lowest BCUT2D eigenvalue weighted by molar-refractivity contribution is -0.384. The lowest BCUT2D eigenvalue weighted by Gasteiger charge is -2.28. The maximum absolute atomic E-state index is 12.2. The zero-order valence-corrected chi connectivity index (χ0v) is 13.6. The molecule has 1 heterocycles. The number of carbonyl (C=O) groups is 2. The van der Waals surface area contributed by atoms with Gasteiger partial charge in [-0.15, -0.1) is 0 Å². The Morgan fingerprint density at radius 2 is 1.92 bits per heavy atom. The molecule has 25 heavy (non-hydrogen) atoms. The number of nitrogens with zero attached hydrogens (tertiary/aromatic N) is 2. The minimum Gasteiger partial charge on any atom is -0.325 e. The van der Waals surface area contributed by atoms with Crippen LogP contribution in [0.3, 0.4) is 0 Å². The Hall–Kier alpha value is -3.35. The van der Waals surface area contributed by atoms with E-state index in [4.69, 9.17) is 0 Å². The number of nitro benzene ring substituents is 1. The Morgan fingerprint density at radius 3 is 2.56 bits per heavy atom. The normalized spacial score (nSPS) is 20.9. The van der Waals surface area contributed by atoms with Crippen LogP contribution in [0.2, 0.25) is 0 Å². The van der Waals surface area contributed by atoms with Gasteiger partial charge in [0.1, 0.15) is 0 Å². The van der Waals surface area contributed by atoms with Crippen molar-refractivity contribution in [3.05, 3.63) is 75.0 Å². The van der Waals surface area contributed by atoms with Crippen molar-refractivity contribution in [3.63, 3.8) is 0 Å². The molecule has 0 radical (unpaired) electrons. The molecule has 0 bridgehead atoms. The van der Waals surface area contributed by atoms with Crippen LogP contribution in [-0.4, -0.2) is 22.4 Å². The van der Waals surface area contributed by atoms with Gasteiger partial charge in [-0.1, -0.05) is 11.6 Å². The summed E-state index contributed by atoms with van der Waals surface area (Å²) >= 11 is 0. The second kappa shape index (κ2) is 6.27. The molecule has 2 aliphatic rings. The molecule has 1 atom stereocenters. The summed E-state index contributed by atoms with van der Waals surface area (Å²) in [6.07, 6.45) is 5.28. The molecule has 1 aromatic carbocycles. The highest BCUT2D eigenvalue weighted by atomic mass is 16.6. The highest BCUT2D eigenvalue weighted by molar-refractivity contribution is 6.14. The van der Waals surface area contributed by atoms with E-state index < -0.39 is 10.8 Å². The fourth-order valence-electron chi connectivity index (χ4n) is 2.70. The van der Waals surface area contributed by atoms with Crippen LogP contribution in [0.25, 0.3) is 0 Å². The first-order chi connectivity index (χ1) is 11.9. The van der Waals surface area contributed by atoms with Crippen molar-refractivity contribution >= 4 is 23.2 Å². The van der Waals surface area contributed by atoms with E-state index in [-0.39, 0.29) is 23.1 Å². The predicted octanol–water partition coefficient (Wildman–Crippen LogP) is 2.71. The van der Waals surface area contributed by atoms with Crippen LogP contribution in [0.15, 0.2) is 64.3 Å². The highest BCUT2D eigenvalue weighted by Crippen LogP contribution is 2.29. The molecule has 1 aliphatic carbocycles. The van der Waals surface area contributed by atoms with Gasteiger partial charge in [0.05, 0.1) is 10.6 Å². The van der Waals surface area contributed by atoms with E-state index in [0.29, 0.717) is 17.0 Å². The fraction of sp³-hybridized carbons (Fsp3) is 0.167. The first-order valence-electron chi connectivity index (χ1n) is 7.63. The van der Waals surface area contributed by atoms with E-state index in [9.17, 15) is 19.7 Å². The SMILES string of the molecule is CC1=C(C)C2C=CC(=NC(=O)c3ccc([N+](=O)[O-])cc3)C=C2NC1=O. The van der Waals surface area contributed by atoms with Crippen LogP contribution in [0.4, 0.5) is 5.69 Å². The van der Waals surface area contributed by atoms with E-state index in [0.717, 1.165) is 5.57 Å². The number of allylic oxidation sites excluding steroid dienone is 3. The molecule has 1 aromatic rings. The summed E-state index contributed by atoms with van der Waals surface area (Å²) in [5.74, 6) is -0.682. The number of carbonyl (C=O) groups excluding carboxylic acids is 2. The van der Waals surface area contributed by atoms with Crippen LogP contribution >= 0.6 is 0 Å². The van der Waals surface area contributed by atoms with Crippen molar-refractivity contribution in [2.75, 3.05) is 0 Å². The maximum Gasteiger partial charge on any atom is 0.277 e. The molecule has 0 spiro atoms. The Labute approximate surface area is 143 Å². The van der Waals surface area contributed by atoms with Gasteiger partial charge in [-0.05, 0) is 38.1 Å². The number of non-ortho nitro benzene ring substituents is 1. The van der Waals surface area contributed by atoms with Gasteiger partial charge in [0.2, 0.25) is 0 Å². The Kier molecular flexibility index (Phi) is 4.14.